The lowest BCUT2D eigenvalue weighted by Gasteiger charge is -2.27. The van der Waals surface area contributed by atoms with Crippen LogP contribution in [-0.2, 0) is 9.59 Å². The minimum atomic E-state index is -2.85. The summed E-state index contributed by atoms with van der Waals surface area (Å²) in [6.07, 6.45) is 2.57. The van der Waals surface area contributed by atoms with E-state index in [1.54, 1.807) is 30.7 Å². The van der Waals surface area contributed by atoms with Crippen molar-refractivity contribution in [3.05, 3.63) is 54.5 Å². The Kier molecular flexibility index (Phi) is 5.77. The lowest BCUT2D eigenvalue weighted by molar-refractivity contribution is -0.135. The maximum absolute atomic E-state index is 13.6. The highest BCUT2D eigenvalue weighted by Gasteiger charge is 2.45. The first-order valence-electron chi connectivity index (χ1n) is 10.4. The van der Waals surface area contributed by atoms with Gasteiger partial charge in [0, 0.05) is 44.6 Å². The van der Waals surface area contributed by atoms with Crippen molar-refractivity contribution in [2.45, 2.75) is 37.1 Å². The predicted octanol–water partition coefficient (Wildman–Crippen LogP) is 2.90. The van der Waals surface area contributed by atoms with Crippen LogP contribution < -0.4 is 5.73 Å². The number of nitrogens with zero attached hydrogens (tertiary/aromatic N) is 4. The molecule has 4 rings (SSSR count). The molecule has 2 heterocycles. The molecular formula is C23H25F2N5O2. The maximum atomic E-state index is 13.6. The Balaban J connectivity index is 1.61. The highest BCUT2D eigenvalue weighted by Crippen LogP contribution is 2.40. The molecule has 0 aliphatic heterocycles. The number of alkyl halides is 2. The summed E-state index contributed by atoms with van der Waals surface area (Å²) in [5.74, 6) is -5.45. The van der Waals surface area contributed by atoms with Gasteiger partial charge in [-0.3, -0.25) is 9.59 Å². The molecule has 0 saturated heterocycles. The molecule has 2 aromatic heterocycles. The van der Waals surface area contributed by atoms with Crippen molar-refractivity contribution in [3.63, 3.8) is 0 Å². The molecule has 168 valence electrons. The van der Waals surface area contributed by atoms with Gasteiger partial charge in [0.1, 0.15) is 6.33 Å². The van der Waals surface area contributed by atoms with E-state index in [0.29, 0.717) is 5.56 Å². The fraction of sp³-hybridized carbons (Fsp3) is 0.391. The monoisotopic (exact) mass is 441 g/mol. The molecular weight excluding hydrogens is 416 g/mol. The molecule has 1 amide bonds. The zero-order valence-corrected chi connectivity index (χ0v) is 17.9. The van der Waals surface area contributed by atoms with Gasteiger partial charge in [0.25, 0.3) is 0 Å². The quantitative estimate of drug-likeness (QED) is 0.635. The molecule has 7 nitrogen and oxygen atoms in total. The second-order valence-corrected chi connectivity index (χ2v) is 8.54. The van der Waals surface area contributed by atoms with Crippen LogP contribution in [0.15, 0.2) is 48.9 Å². The van der Waals surface area contributed by atoms with Crippen molar-refractivity contribution in [2.24, 2.45) is 11.7 Å². The average molecular weight is 441 g/mol. The molecule has 0 bridgehead atoms. The molecule has 2 N–H and O–H groups in total. The number of aromatic nitrogens is 3. The van der Waals surface area contributed by atoms with Gasteiger partial charge in [-0.1, -0.05) is 24.3 Å². The molecule has 3 atom stereocenters. The molecule has 9 heteroatoms. The first-order chi connectivity index (χ1) is 15.2. The summed E-state index contributed by atoms with van der Waals surface area (Å²) < 4.78 is 28.9. The van der Waals surface area contributed by atoms with Gasteiger partial charge in [-0.15, -0.1) is 0 Å². The van der Waals surface area contributed by atoms with Gasteiger partial charge in [-0.05, 0) is 29.7 Å². The van der Waals surface area contributed by atoms with Crippen LogP contribution in [0.25, 0.3) is 16.8 Å². The SMILES string of the molecule is CN(C)C(=O)[C@@H](c1ccc(-c2ccc3ncnn3c2)cc1)[C@H](N)C(=O)C1CCC(F)(F)C1. The summed E-state index contributed by atoms with van der Waals surface area (Å²) in [5.41, 5.74) is 9.32. The van der Waals surface area contributed by atoms with Crippen LogP contribution >= 0.6 is 0 Å². The minimum absolute atomic E-state index is 0.0894. The highest BCUT2D eigenvalue weighted by atomic mass is 19.3. The largest absolute Gasteiger partial charge is 0.348 e. The van der Waals surface area contributed by atoms with E-state index in [1.807, 2.05) is 30.5 Å². The van der Waals surface area contributed by atoms with Crippen LogP contribution in [0.2, 0.25) is 0 Å². The Bertz CT molecular complexity index is 1140. The van der Waals surface area contributed by atoms with E-state index in [1.165, 1.54) is 11.2 Å². The number of nitrogens with two attached hydrogens (primary N) is 1. The molecule has 1 aliphatic carbocycles. The van der Waals surface area contributed by atoms with E-state index in [4.69, 9.17) is 5.73 Å². The van der Waals surface area contributed by atoms with Gasteiger partial charge in [0.2, 0.25) is 11.8 Å². The standard InChI is InChI=1S/C23H25F2N5O2/c1-29(2)22(32)19(20(26)21(31)16-9-10-23(24,25)11-16)15-5-3-14(4-6-15)17-7-8-18-27-13-28-30(18)12-17/h3-8,12-13,16,19-20H,9-11,26H2,1-2H3/t16?,19-,20-/m0/s1. The second-order valence-electron chi connectivity index (χ2n) is 8.54. The molecule has 32 heavy (non-hydrogen) atoms. The number of fused-ring (bicyclic) bond motifs is 1. The van der Waals surface area contributed by atoms with Crippen molar-refractivity contribution >= 4 is 17.3 Å². The average Bonchev–Trinajstić information content (AvgIpc) is 3.38. The summed E-state index contributed by atoms with van der Waals surface area (Å²) in [5, 5.41) is 4.13. The number of hydrogen-bond donors (Lipinski definition) is 1. The summed E-state index contributed by atoms with van der Waals surface area (Å²) in [6.45, 7) is 0. The van der Waals surface area contributed by atoms with Gasteiger partial charge in [-0.25, -0.2) is 18.3 Å². The van der Waals surface area contributed by atoms with Gasteiger partial charge in [-0.2, -0.15) is 5.10 Å². The number of halogens is 2. The molecule has 1 aromatic carbocycles. The number of carbonyl (C=O) groups excluding carboxylic acids is 2. The number of pyridine rings is 1. The molecule has 0 radical (unpaired) electrons. The summed E-state index contributed by atoms with van der Waals surface area (Å²) >= 11 is 0. The number of Topliss-reactive ketones (excluding diaryl/α,β-unsaturated/α-hetero) is 1. The summed E-state index contributed by atoms with van der Waals surface area (Å²) in [7, 11) is 3.16. The summed E-state index contributed by atoms with van der Waals surface area (Å²) in [6, 6.07) is 9.75. The number of amides is 1. The van der Waals surface area contributed by atoms with E-state index in [9.17, 15) is 18.4 Å². The number of likely N-dealkylation sites (N-methyl/N-ethyl adjacent to an activating group) is 1. The fourth-order valence-electron chi connectivity index (χ4n) is 4.28. The Morgan fingerprint density at radius 3 is 2.47 bits per heavy atom. The molecule has 1 aliphatic rings. The molecule has 1 unspecified atom stereocenters. The lowest BCUT2D eigenvalue weighted by atomic mass is 9.83. The molecule has 1 saturated carbocycles. The Hall–Kier alpha value is -3.20. The van der Waals surface area contributed by atoms with Gasteiger partial charge >= 0.3 is 0 Å². The van der Waals surface area contributed by atoms with Crippen LogP contribution in [0.1, 0.15) is 30.7 Å². The number of rotatable bonds is 6. The Morgan fingerprint density at radius 2 is 1.84 bits per heavy atom. The normalized spacial score (nSPS) is 19.6. The topological polar surface area (TPSA) is 93.6 Å². The van der Waals surface area contributed by atoms with Crippen LogP contribution in [-0.4, -0.2) is 57.2 Å². The van der Waals surface area contributed by atoms with Crippen molar-refractivity contribution in [2.75, 3.05) is 14.1 Å². The Morgan fingerprint density at radius 1 is 1.16 bits per heavy atom. The van der Waals surface area contributed by atoms with Crippen LogP contribution in [0, 0.1) is 5.92 Å². The molecule has 1 fully saturated rings. The first-order valence-corrected chi connectivity index (χ1v) is 10.4. The van der Waals surface area contributed by atoms with Crippen molar-refractivity contribution in [1.82, 2.24) is 19.5 Å². The smallest absolute Gasteiger partial charge is 0.248 e. The fourth-order valence-corrected chi connectivity index (χ4v) is 4.28. The van der Waals surface area contributed by atoms with Crippen LogP contribution in [0.4, 0.5) is 8.78 Å². The van der Waals surface area contributed by atoms with Crippen molar-refractivity contribution in [1.29, 1.82) is 0 Å². The summed E-state index contributed by atoms with van der Waals surface area (Å²) in [4.78, 5) is 31.3. The molecule has 0 spiro atoms. The van der Waals surface area contributed by atoms with Gasteiger partial charge in [0.15, 0.2) is 11.4 Å². The van der Waals surface area contributed by atoms with E-state index in [0.717, 1.165) is 16.8 Å². The number of carbonyl (C=O) groups is 2. The number of ketones is 1. The number of hydrogen-bond acceptors (Lipinski definition) is 5. The molecule has 3 aromatic rings. The third-order valence-corrected chi connectivity index (χ3v) is 6.08. The maximum Gasteiger partial charge on any atom is 0.248 e. The van der Waals surface area contributed by atoms with E-state index >= 15 is 0 Å². The van der Waals surface area contributed by atoms with Crippen molar-refractivity contribution < 1.29 is 18.4 Å². The van der Waals surface area contributed by atoms with E-state index in [-0.39, 0.29) is 18.7 Å². The Labute approximate surface area is 184 Å². The minimum Gasteiger partial charge on any atom is -0.348 e. The van der Waals surface area contributed by atoms with Crippen LogP contribution in [0.3, 0.4) is 0 Å². The lowest BCUT2D eigenvalue weighted by Crippen LogP contribution is -2.46. The van der Waals surface area contributed by atoms with Crippen LogP contribution in [0.5, 0.6) is 0 Å². The van der Waals surface area contributed by atoms with Gasteiger partial charge in [0.05, 0.1) is 12.0 Å². The van der Waals surface area contributed by atoms with E-state index in [2.05, 4.69) is 10.1 Å². The number of benzene rings is 1. The van der Waals surface area contributed by atoms with Gasteiger partial charge < -0.3 is 10.6 Å². The van der Waals surface area contributed by atoms with E-state index < -0.39 is 36.0 Å². The third-order valence-electron chi connectivity index (χ3n) is 6.08. The third kappa shape index (κ3) is 4.25. The first kappa shape index (κ1) is 22.0. The van der Waals surface area contributed by atoms with Crippen molar-refractivity contribution in [3.8, 4) is 11.1 Å². The highest BCUT2D eigenvalue weighted by molar-refractivity contribution is 5.95. The predicted molar refractivity (Wildman–Crippen MR) is 115 cm³/mol. The zero-order chi connectivity index (χ0) is 23.0. The second kappa shape index (κ2) is 8.38. The zero-order valence-electron chi connectivity index (χ0n) is 17.9.